The highest BCUT2D eigenvalue weighted by molar-refractivity contribution is 7.89. The molecule has 8 nitrogen and oxygen atoms in total. The predicted octanol–water partition coefficient (Wildman–Crippen LogP) is 2.76. The number of carbonyl (C=O) groups is 1. The third-order valence-electron chi connectivity index (χ3n) is 6.48. The van der Waals surface area contributed by atoms with Gasteiger partial charge in [0.1, 0.15) is 5.82 Å². The number of rotatable bonds is 8. The molecule has 2 heterocycles. The number of amides is 1. The lowest BCUT2D eigenvalue weighted by Gasteiger charge is -2.15. The van der Waals surface area contributed by atoms with Gasteiger partial charge >= 0.3 is 0 Å². The standard InChI is InChI=1S/C25H28N4O4S/c30-24(26-17-18-7-11-20(12-8-18)34(32,33)28-15-3-4-16-28)14-13-23-27-22-6-2-1-5-21(22)25(31)29(23)19-9-10-19/h1-2,5-8,11-12,19H,3-4,9-10,13-17H2,(H,26,30). The molecule has 3 aromatic rings. The van der Waals surface area contributed by atoms with E-state index in [9.17, 15) is 18.0 Å². The van der Waals surface area contributed by atoms with E-state index in [4.69, 9.17) is 0 Å². The molecule has 1 N–H and O–H groups in total. The van der Waals surface area contributed by atoms with E-state index >= 15 is 0 Å². The van der Waals surface area contributed by atoms with Crippen molar-refractivity contribution in [2.45, 2.75) is 56.0 Å². The van der Waals surface area contributed by atoms with Crippen LogP contribution in [0.3, 0.4) is 0 Å². The molecule has 1 aliphatic heterocycles. The lowest BCUT2D eigenvalue weighted by atomic mass is 10.2. The van der Waals surface area contributed by atoms with Crippen molar-refractivity contribution in [2.75, 3.05) is 13.1 Å². The first-order valence-corrected chi connectivity index (χ1v) is 13.2. The van der Waals surface area contributed by atoms with Crippen molar-refractivity contribution in [3.05, 3.63) is 70.3 Å². The fraction of sp³-hybridized carbons (Fsp3) is 0.400. The van der Waals surface area contributed by atoms with E-state index in [2.05, 4.69) is 10.3 Å². The van der Waals surface area contributed by atoms with Gasteiger partial charge in [-0.15, -0.1) is 0 Å². The summed E-state index contributed by atoms with van der Waals surface area (Å²) in [5.74, 6) is 0.511. The normalized spacial score (nSPS) is 16.7. The van der Waals surface area contributed by atoms with Gasteiger partial charge in [0.15, 0.2) is 0 Å². The van der Waals surface area contributed by atoms with E-state index in [-0.39, 0.29) is 28.8 Å². The summed E-state index contributed by atoms with van der Waals surface area (Å²) >= 11 is 0. The van der Waals surface area contributed by atoms with Crippen molar-refractivity contribution in [2.24, 2.45) is 0 Å². The Morgan fingerprint density at radius 1 is 1.03 bits per heavy atom. The first-order valence-electron chi connectivity index (χ1n) is 11.8. The zero-order chi connectivity index (χ0) is 23.7. The summed E-state index contributed by atoms with van der Waals surface area (Å²) < 4.78 is 28.6. The Bertz CT molecular complexity index is 1370. The Kier molecular flexibility index (Phi) is 6.22. The van der Waals surface area contributed by atoms with Gasteiger partial charge in [-0.2, -0.15) is 4.31 Å². The van der Waals surface area contributed by atoms with Gasteiger partial charge in [0.2, 0.25) is 15.9 Å². The Labute approximate surface area is 198 Å². The molecular formula is C25H28N4O4S. The molecule has 0 atom stereocenters. The van der Waals surface area contributed by atoms with Gasteiger partial charge in [-0.1, -0.05) is 24.3 Å². The summed E-state index contributed by atoms with van der Waals surface area (Å²) in [6, 6.07) is 14.2. The van der Waals surface area contributed by atoms with Crippen molar-refractivity contribution in [3.8, 4) is 0 Å². The van der Waals surface area contributed by atoms with Crippen LogP contribution < -0.4 is 10.9 Å². The molecule has 178 valence electrons. The van der Waals surface area contributed by atoms with Crippen molar-refractivity contribution in [1.82, 2.24) is 19.2 Å². The van der Waals surface area contributed by atoms with Gasteiger partial charge < -0.3 is 5.32 Å². The van der Waals surface area contributed by atoms with E-state index in [1.54, 1.807) is 34.9 Å². The number of hydrogen-bond donors (Lipinski definition) is 1. The van der Waals surface area contributed by atoms with Crippen molar-refractivity contribution < 1.29 is 13.2 Å². The molecule has 1 aliphatic carbocycles. The van der Waals surface area contributed by atoms with Crippen LogP contribution in [0.2, 0.25) is 0 Å². The lowest BCUT2D eigenvalue weighted by molar-refractivity contribution is -0.121. The number of benzene rings is 2. The molecule has 5 rings (SSSR count). The van der Waals surface area contributed by atoms with E-state index < -0.39 is 10.0 Å². The minimum absolute atomic E-state index is 0.0347. The van der Waals surface area contributed by atoms with E-state index in [0.717, 1.165) is 31.2 Å². The van der Waals surface area contributed by atoms with Crippen LogP contribution in [0.15, 0.2) is 58.2 Å². The number of aryl methyl sites for hydroxylation is 1. The van der Waals surface area contributed by atoms with Crippen LogP contribution in [-0.2, 0) is 27.8 Å². The monoisotopic (exact) mass is 480 g/mol. The van der Waals surface area contributed by atoms with Crippen LogP contribution in [-0.4, -0.2) is 41.3 Å². The largest absolute Gasteiger partial charge is 0.352 e. The molecule has 0 spiro atoms. The molecule has 0 unspecified atom stereocenters. The highest BCUT2D eigenvalue weighted by Gasteiger charge is 2.29. The van der Waals surface area contributed by atoms with E-state index in [1.165, 1.54) is 4.31 Å². The average Bonchev–Trinajstić information content (AvgIpc) is 3.51. The Morgan fingerprint density at radius 2 is 1.74 bits per heavy atom. The van der Waals surface area contributed by atoms with Gasteiger partial charge in [-0.3, -0.25) is 14.2 Å². The van der Waals surface area contributed by atoms with Crippen LogP contribution in [0.1, 0.15) is 49.5 Å². The summed E-state index contributed by atoms with van der Waals surface area (Å²) in [4.78, 5) is 30.4. The topological polar surface area (TPSA) is 101 Å². The highest BCUT2D eigenvalue weighted by atomic mass is 32.2. The van der Waals surface area contributed by atoms with Crippen molar-refractivity contribution in [3.63, 3.8) is 0 Å². The maximum Gasteiger partial charge on any atom is 0.261 e. The third kappa shape index (κ3) is 4.63. The lowest BCUT2D eigenvalue weighted by Crippen LogP contribution is -2.28. The first kappa shape index (κ1) is 22.7. The molecule has 0 bridgehead atoms. The van der Waals surface area contributed by atoms with Crippen molar-refractivity contribution >= 4 is 26.8 Å². The number of nitrogens with one attached hydrogen (secondary N) is 1. The SMILES string of the molecule is O=C(CCc1nc2ccccc2c(=O)n1C1CC1)NCc1ccc(S(=O)(=O)N2CCCC2)cc1. The fourth-order valence-corrected chi connectivity index (χ4v) is 5.97. The summed E-state index contributed by atoms with van der Waals surface area (Å²) in [7, 11) is -3.44. The molecule has 2 aliphatic rings. The molecule has 9 heteroatoms. The van der Waals surface area contributed by atoms with E-state index in [1.807, 2.05) is 18.2 Å². The molecular weight excluding hydrogens is 452 g/mol. The van der Waals surface area contributed by atoms with Crippen LogP contribution >= 0.6 is 0 Å². The van der Waals surface area contributed by atoms with Gasteiger partial charge in [-0.25, -0.2) is 13.4 Å². The zero-order valence-electron chi connectivity index (χ0n) is 18.9. The molecule has 34 heavy (non-hydrogen) atoms. The van der Waals surface area contributed by atoms with Crippen molar-refractivity contribution in [1.29, 1.82) is 0 Å². The minimum atomic E-state index is -3.44. The summed E-state index contributed by atoms with van der Waals surface area (Å²) in [6.45, 7) is 1.45. The second kappa shape index (κ2) is 9.31. The van der Waals surface area contributed by atoms with Crippen LogP contribution in [0.4, 0.5) is 0 Å². The number of sulfonamides is 1. The van der Waals surface area contributed by atoms with Gasteiger partial charge in [-0.05, 0) is 55.5 Å². The van der Waals surface area contributed by atoms with Crippen LogP contribution in [0.5, 0.6) is 0 Å². The van der Waals surface area contributed by atoms with E-state index in [0.29, 0.717) is 42.8 Å². The number of hydrogen-bond acceptors (Lipinski definition) is 5. The summed E-state index contributed by atoms with van der Waals surface area (Å²) in [6.07, 6.45) is 4.32. The molecule has 1 saturated heterocycles. The quantitative estimate of drug-likeness (QED) is 0.534. The smallest absolute Gasteiger partial charge is 0.261 e. The van der Waals surface area contributed by atoms with Gasteiger partial charge in [0.25, 0.3) is 5.56 Å². The number of para-hydroxylation sites is 1. The van der Waals surface area contributed by atoms with Gasteiger partial charge in [0, 0.05) is 38.5 Å². The second-order valence-electron chi connectivity index (χ2n) is 8.98. The predicted molar refractivity (Wildman–Crippen MR) is 129 cm³/mol. The maximum absolute atomic E-state index is 12.9. The molecule has 2 aromatic carbocycles. The maximum atomic E-state index is 12.9. The number of fused-ring (bicyclic) bond motifs is 1. The number of aromatic nitrogens is 2. The fourth-order valence-electron chi connectivity index (χ4n) is 4.45. The number of nitrogens with zero attached hydrogens (tertiary/aromatic N) is 3. The van der Waals surface area contributed by atoms with Crippen LogP contribution in [0.25, 0.3) is 10.9 Å². The molecule has 1 amide bonds. The third-order valence-corrected chi connectivity index (χ3v) is 8.40. The Hall–Kier alpha value is -3.04. The molecule has 1 saturated carbocycles. The van der Waals surface area contributed by atoms with Gasteiger partial charge in [0.05, 0.1) is 15.8 Å². The first-order chi connectivity index (χ1) is 16.4. The van der Waals surface area contributed by atoms with Crippen LogP contribution in [0, 0.1) is 0 Å². The Morgan fingerprint density at radius 3 is 2.44 bits per heavy atom. The zero-order valence-corrected chi connectivity index (χ0v) is 19.8. The molecule has 1 aromatic heterocycles. The summed E-state index contributed by atoms with van der Waals surface area (Å²) in [5, 5.41) is 3.49. The molecule has 2 fully saturated rings. The molecule has 0 radical (unpaired) electrons. The Balaban J connectivity index is 1.21. The highest BCUT2D eigenvalue weighted by Crippen LogP contribution is 2.35. The summed E-state index contributed by atoms with van der Waals surface area (Å²) in [5.41, 5.74) is 1.45. The average molecular weight is 481 g/mol. The minimum Gasteiger partial charge on any atom is -0.352 e. The number of carbonyl (C=O) groups excluding carboxylic acids is 1. The second-order valence-corrected chi connectivity index (χ2v) is 10.9.